The normalized spacial score (nSPS) is 16.6. The van der Waals surface area contributed by atoms with Gasteiger partial charge in [-0.1, -0.05) is 12.1 Å². The Bertz CT molecular complexity index is 1040. The Labute approximate surface area is 181 Å². The summed E-state index contributed by atoms with van der Waals surface area (Å²) in [6.07, 6.45) is 0.599. The number of ether oxygens (including phenoxy) is 1. The van der Waals surface area contributed by atoms with Gasteiger partial charge in [-0.05, 0) is 62.6 Å². The monoisotopic (exact) mass is 452 g/mol. The summed E-state index contributed by atoms with van der Waals surface area (Å²) < 4.78 is 59.4. The maximum atomic E-state index is 14.0. The molecular formula is C22H26F2N2O4S. The van der Waals surface area contributed by atoms with Gasteiger partial charge in [0.2, 0.25) is 15.9 Å². The molecule has 0 bridgehead atoms. The first-order chi connectivity index (χ1) is 14.7. The predicted molar refractivity (Wildman–Crippen MR) is 112 cm³/mol. The van der Waals surface area contributed by atoms with Crippen molar-refractivity contribution in [3.8, 4) is 5.75 Å². The predicted octanol–water partition coefficient (Wildman–Crippen LogP) is 3.64. The molecular weight excluding hydrogens is 426 g/mol. The van der Waals surface area contributed by atoms with Crippen LogP contribution in [0.25, 0.3) is 0 Å². The minimum Gasteiger partial charge on any atom is -0.494 e. The van der Waals surface area contributed by atoms with Crippen molar-refractivity contribution in [2.24, 2.45) is 5.92 Å². The van der Waals surface area contributed by atoms with Gasteiger partial charge in [-0.25, -0.2) is 17.2 Å². The molecule has 1 saturated heterocycles. The molecule has 1 heterocycles. The van der Waals surface area contributed by atoms with Gasteiger partial charge in [-0.3, -0.25) is 4.79 Å². The molecule has 1 atom stereocenters. The summed E-state index contributed by atoms with van der Waals surface area (Å²) in [6.45, 7) is 4.43. The number of amides is 1. The molecule has 1 N–H and O–H groups in total. The van der Waals surface area contributed by atoms with Gasteiger partial charge in [0, 0.05) is 19.0 Å². The van der Waals surface area contributed by atoms with E-state index >= 15 is 0 Å². The molecule has 1 fully saturated rings. The lowest BCUT2D eigenvalue weighted by molar-refractivity contribution is -0.126. The number of piperidine rings is 1. The maximum Gasteiger partial charge on any atom is 0.246 e. The average molecular weight is 453 g/mol. The molecule has 0 radical (unpaired) electrons. The number of nitrogens with one attached hydrogen (secondary N) is 1. The van der Waals surface area contributed by atoms with Crippen LogP contribution in [0, 0.1) is 17.6 Å². The molecule has 2 aromatic rings. The third kappa shape index (κ3) is 5.40. The Morgan fingerprint density at radius 2 is 1.90 bits per heavy atom. The number of halogens is 2. The first-order valence-corrected chi connectivity index (χ1v) is 11.6. The Balaban J connectivity index is 1.61. The van der Waals surface area contributed by atoms with E-state index < -0.39 is 26.6 Å². The van der Waals surface area contributed by atoms with Crippen LogP contribution in [0.3, 0.4) is 0 Å². The fourth-order valence-corrected chi connectivity index (χ4v) is 5.17. The number of benzene rings is 2. The van der Waals surface area contributed by atoms with Crippen molar-refractivity contribution in [2.75, 3.05) is 19.7 Å². The molecule has 1 aliphatic rings. The van der Waals surface area contributed by atoms with Gasteiger partial charge < -0.3 is 10.1 Å². The molecule has 0 saturated carbocycles. The number of carbonyl (C=O) groups is 1. The van der Waals surface area contributed by atoms with E-state index in [1.807, 2.05) is 38.1 Å². The van der Waals surface area contributed by atoms with E-state index in [0.29, 0.717) is 25.5 Å². The molecule has 9 heteroatoms. The van der Waals surface area contributed by atoms with Gasteiger partial charge >= 0.3 is 0 Å². The summed E-state index contributed by atoms with van der Waals surface area (Å²) in [4.78, 5) is 12.0. The lowest BCUT2D eigenvalue weighted by Gasteiger charge is -2.31. The number of rotatable bonds is 7. The summed E-state index contributed by atoms with van der Waals surface area (Å²) in [7, 11) is -4.17. The van der Waals surface area contributed by atoms with E-state index in [9.17, 15) is 22.0 Å². The molecule has 1 amide bonds. The number of hydrogen-bond donors (Lipinski definition) is 1. The second-order valence-corrected chi connectivity index (χ2v) is 9.40. The molecule has 0 spiro atoms. The Morgan fingerprint density at radius 3 is 2.58 bits per heavy atom. The standard InChI is InChI=1S/C22H26F2N2O4S/c1-3-30-19-6-4-5-17(13-19)15(2)25-22(27)16-9-11-26(12-10-16)31(28,29)21-14-18(23)7-8-20(21)24/h4-8,13-16H,3,9-12H2,1-2H3,(H,25,27). The van der Waals surface area contributed by atoms with E-state index in [4.69, 9.17) is 4.74 Å². The Kier molecular flexibility index (Phi) is 7.27. The van der Waals surface area contributed by atoms with Crippen LogP contribution in [0.1, 0.15) is 38.3 Å². The minimum absolute atomic E-state index is 0.0601. The van der Waals surface area contributed by atoms with E-state index in [-0.39, 0.29) is 31.0 Å². The van der Waals surface area contributed by atoms with Gasteiger partial charge in [0.05, 0.1) is 12.6 Å². The highest BCUT2D eigenvalue weighted by molar-refractivity contribution is 7.89. The number of nitrogens with zero attached hydrogens (tertiary/aromatic N) is 1. The van der Waals surface area contributed by atoms with Crippen LogP contribution in [0.2, 0.25) is 0 Å². The van der Waals surface area contributed by atoms with Gasteiger partial charge in [0.15, 0.2) is 0 Å². The largest absolute Gasteiger partial charge is 0.494 e. The van der Waals surface area contributed by atoms with Gasteiger partial charge in [0.1, 0.15) is 22.3 Å². The fourth-order valence-electron chi connectivity index (χ4n) is 3.63. The highest BCUT2D eigenvalue weighted by Crippen LogP contribution is 2.27. The SMILES string of the molecule is CCOc1cccc(C(C)NC(=O)C2CCN(S(=O)(=O)c3cc(F)ccc3F)CC2)c1. The second-order valence-electron chi connectivity index (χ2n) is 7.49. The molecule has 2 aromatic carbocycles. The zero-order chi connectivity index (χ0) is 22.6. The highest BCUT2D eigenvalue weighted by atomic mass is 32.2. The summed E-state index contributed by atoms with van der Waals surface area (Å²) in [5.74, 6) is -1.62. The zero-order valence-corrected chi connectivity index (χ0v) is 18.3. The van der Waals surface area contributed by atoms with E-state index in [2.05, 4.69) is 5.32 Å². The summed E-state index contributed by atoms with van der Waals surface area (Å²) in [5.41, 5.74) is 0.904. The first-order valence-electron chi connectivity index (χ1n) is 10.2. The molecule has 0 aliphatic carbocycles. The molecule has 1 unspecified atom stereocenters. The van der Waals surface area contributed by atoms with Gasteiger partial charge in [-0.15, -0.1) is 0 Å². The van der Waals surface area contributed by atoms with E-state index in [1.54, 1.807) is 0 Å². The van der Waals surface area contributed by atoms with Crippen LogP contribution in [0.15, 0.2) is 47.4 Å². The third-order valence-corrected chi connectivity index (χ3v) is 7.28. The first kappa shape index (κ1) is 23.1. The molecule has 3 rings (SSSR count). The highest BCUT2D eigenvalue weighted by Gasteiger charge is 2.34. The molecule has 31 heavy (non-hydrogen) atoms. The van der Waals surface area contributed by atoms with Crippen molar-refractivity contribution in [2.45, 2.75) is 37.6 Å². The molecule has 168 valence electrons. The summed E-state index contributed by atoms with van der Waals surface area (Å²) in [6, 6.07) is 9.59. The maximum absolute atomic E-state index is 14.0. The Hall–Kier alpha value is -2.52. The van der Waals surface area contributed by atoms with Gasteiger partial charge in [-0.2, -0.15) is 4.31 Å². The van der Waals surface area contributed by atoms with Crippen LogP contribution in [0.4, 0.5) is 8.78 Å². The van der Waals surface area contributed by atoms with Crippen molar-refractivity contribution in [3.05, 3.63) is 59.7 Å². The van der Waals surface area contributed by atoms with E-state index in [0.717, 1.165) is 27.8 Å². The second kappa shape index (κ2) is 9.74. The quantitative estimate of drug-likeness (QED) is 0.696. The van der Waals surface area contributed by atoms with Crippen LogP contribution in [-0.2, 0) is 14.8 Å². The van der Waals surface area contributed by atoms with E-state index in [1.165, 1.54) is 0 Å². The topological polar surface area (TPSA) is 75.7 Å². The summed E-state index contributed by atoms with van der Waals surface area (Å²) >= 11 is 0. The average Bonchev–Trinajstić information content (AvgIpc) is 2.76. The Morgan fingerprint density at radius 1 is 1.19 bits per heavy atom. The number of carbonyl (C=O) groups excluding carboxylic acids is 1. The van der Waals surface area contributed by atoms with Crippen LogP contribution >= 0.6 is 0 Å². The van der Waals surface area contributed by atoms with Crippen molar-refractivity contribution in [1.29, 1.82) is 0 Å². The lowest BCUT2D eigenvalue weighted by atomic mass is 9.96. The fraction of sp³-hybridized carbons (Fsp3) is 0.409. The van der Waals surface area contributed by atoms with Crippen molar-refractivity contribution >= 4 is 15.9 Å². The number of hydrogen-bond acceptors (Lipinski definition) is 4. The smallest absolute Gasteiger partial charge is 0.246 e. The van der Waals surface area contributed by atoms with Crippen molar-refractivity contribution in [3.63, 3.8) is 0 Å². The van der Waals surface area contributed by atoms with Crippen LogP contribution in [0.5, 0.6) is 5.75 Å². The lowest BCUT2D eigenvalue weighted by Crippen LogP contribution is -2.43. The van der Waals surface area contributed by atoms with Gasteiger partial charge in [0.25, 0.3) is 0 Å². The zero-order valence-electron chi connectivity index (χ0n) is 17.5. The minimum atomic E-state index is -4.17. The third-order valence-electron chi connectivity index (χ3n) is 5.36. The molecule has 0 aromatic heterocycles. The van der Waals surface area contributed by atoms with Crippen LogP contribution < -0.4 is 10.1 Å². The molecule has 1 aliphatic heterocycles. The molecule has 6 nitrogen and oxygen atoms in total. The number of sulfonamides is 1. The van der Waals surface area contributed by atoms with Crippen LogP contribution in [-0.4, -0.2) is 38.3 Å². The van der Waals surface area contributed by atoms with Crippen molar-refractivity contribution < 1.29 is 26.7 Å². The van der Waals surface area contributed by atoms with Crippen molar-refractivity contribution in [1.82, 2.24) is 9.62 Å². The summed E-state index contributed by atoms with van der Waals surface area (Å²) in [5, 5.41) is 2.97.